The number of nitrogens with one attached hydrogen (secondary N) is 2. The quantitative estimate of drug-likeness (QED) is 0.482. The first kappa shape index (κ1) is 21.0. The first-order valence-electron chi connectivity index (χ1n) is 9.16. The van der Waals surface area contributed by atoms with E-state index in [0.717, 1.165) is 16.1 Å². The molecule has 0 radical (unpaired) electrons. The summed E-state index contributed by atoms with van der Waals surface area (Å²) in [7, 11) is 0. The van der Waals surface area contributed by atoms with Gasteiger partial charge in [-0.2, -0.15) is 0 Å². The van der Waals surface area contributed by atoms with E-state index < -0.39 is 0 Å². The number of benzene rings is 3. The van der Waals surface area contributed by atoms with Gasteiger partial charge in [-0.25, -0.2) is 0 Å². The van der Waals surface area contributed by atoms with E-state index in [1.54, 1.807) is 24.3 Å². The van der Waals surface area contributed by atoms with Crippen LogP contribution in [0, 0.1) is 0 Å². The Morgan fingerprint density at radius 1 is 0.897 bits per heavy atom. The summed E-state index contributed by atoms with van der Waals surface area (Å²) in [5, 5.41) is 6.05. The molecule has 0 saturated carbocycles. The third-order valence-corrected chi connectivity index (χ3v) is 5.47. The van der Waals surface area contributed by atoms with Crippen molar-refractivity contribution in [3.63, 3.8) is 0 Å². The normalized spacial score (nSPS) is 11.5. The Kier molecular flexibility index (Phi) is 7.33. The second-order valence-electron chi connectivity index (χ2n) is 6.49. The Morgan fingerprint density at radius 2 is 1.62 bits per heavy atom. The summed E-state index contributed by atoms with van der Waals surface area (Å²) in [5.74, 6) is -0.164. The highest BCUT2D eigenvalue weighted by Crippen LogP contribution is 2.26. The fourth-order valence-electron chi connectivity index (χ4n) is 2.67. The van der Waals surface area contributed by atoms with Gasteiger partial charge in [0.25, 0.3) is 0 Å². The highest BCUT2D eigenvalue weighted by Gasteiger charge is 2.15. The van der Waals surface area contributed by atoms with Gasteiger partial charge in [0.15, 0.2) is 0 Å². The largest absolute Gasteiger partial charge is 0.326 e. The molecular formula is C23H21ClN2O2S. The average Bonchev–Trinajstić information content (AvgIpc) is 2.70. The molecule has 0 spiro atoms. The van der Waals surface area contributed by atoms with Crippen LogP contribution < -0.4 is 10.6 Å². The van der Waals surface area contributed by atoms with Gasteiger partial charge in [-0.1, -0.05) is 48.0 Å². The molecule has 2 amide bonds. The zero-order chi connectivity index (χ0) is 20.6. The molecule has 4 nitrogen and oxygen atoms in total. The minimum absolute atomic E-state index is 0.0640. The van der Waals surface area contributed by atoms with Gasteiger partial charge in [-0.05, 0) is 55.0 Å². The van der Waals surface area contributed by atoms with Gasteiger partial charge in [-0.15, -0.1) is 11.8 Å². The molecule has 148 valence electrons. The zero-order valence-corrected chi connectivity index (χ0v) is 17.5. The molecular weight excluding hydrogens is 404 g/mol. The average molecular weight is 425 g/mol. The molecule has 0 aliphatic heterocycles. The summed E-state index contributed by atoms with van der Waals surface area (Å²) >= 11 is 7.39. The highest BCUT2D eigenvalue weighted by molar-refractivity contribution is 8.00. The van der Waals surface area contributed by atoms with E-state index in [9.17, 15) is 9.59 Å². The third kappa shape index (κ3) is 6.66. The fraction of sp³-hybridized carbons (Fsp3) is 0.130. The van der Waals surface area contributed by atoms with E-state index in [1.165, 1.54) is 11.8 Å². The van der Waals surface area contributed by atoms with E-state index in [-0.39, 0.29) is 17.1 Å². The number of hydrogen-bond donors (Lipinski definition) is 2. The number of carbonyl (C=O) groups is 2. The molecule has 2 N–H and O–H groups in total. The number of halogens is 1. The minimum atomic E-state index is -0.285. The van der Waals surface area contributed by atoms with Crippen LogP contribution in [0.1, 0.15) is 12.5 Å². The summed E-state index contributed by atoms with van der Waals surface area (Å²) in [6.45, 7) is 1.85. The molecule has 3 aromatic carbocycles. The van der Waals surface area contributed by atoms with Gasteiger partial charge in [0.1, 0.15) is 0 Å². The maximum absolute atomic E-state index is 12.4. The second-order valence-corrected chi connectivity index (χ2v) is 8.35. The molecule has 3 aromatic rings. The van der Waals surface area contributed by atoms with Crippen molar-refractivity contribution >= 4 is 46.6 Å². The van der Waals surface area contributed by atoms with E-state index in [2.05, 4.69) is 10.6 Å². The monoisotopic (exact) mass is 424 g/mol. The zero-order valence-electron chi connectivity index (χ0n) is 15.9. The van der Waals surface area contributed by atoms with E-state index in [1.807, 2.05) is 61.5 Å². The minimum Gasteiger partial charge on any atom is -0.326 e. The summed E-state index contributed by atoms with van der Waals surface area (Å²) in [4.78, 5) is 25.5. The maximum atomic E-state index is 12.4. The number of amides is 2. The first-order chi connectivity index (χ1) is 14.0. The van der Waals surface area contributed by atoms with Crippen molar-refractivity contribution in [1.29, 1.82) is 0 Å². The highest BCUT2D eigenvalue weighted by atomic mass is 35.5. The second kappa shape index (κ2) is 10.1. The number of carbonyl (C=O) groups excluding carboxylic acids is 2. The smallest absolute Gasteiger partial charge is 0.237 e. The number of anilines is 2. The van der Waals surface area contributed by atoms with Gasteiger partial charge in [0.05, 0.1) is 11.7 Å². The lowest BCUT2D eigenvalue weighted by molar-refractivity contribution is -0.116. The predicted molar refractivity (Wildman–Crippen MR) is 121 cm³/mol. The van der Waals surface area contributed by atoms with Crippen molar-refractivity contribution in [3.05, 3.63) is 89.4 Å². The van der Waals surface area contributed by atoms with Crippen molar-refractivity contribution < 1.29 is 9.59 Å². The summed E-state index contributed by atoms with van der Waals surface area (Å²) in [6, 6.07) is 24.1. The lowest BCUT2D eigenvalue weighted by Gasteiger charge is -2.13. The molecule has 3 rings (SSSR count). The van der Waals surface area contributed by atoms with Crippen molar-refractivity contribution in [1.82, 2.24) is 0 Å². The Morgan fingerprint density at radius 3 is 2.31 bits per heavy atom. The summed E-state index contributed by atoms with van der Waals surface area (Å²) < 4.78 is 0. The van der Waals surface area contributed by atoms with Gasteiger partial charge >= 0.3 is 0 Å². The van der Waals surface area contributed by atoms with Crippen LogP contribution in [-0.2, 0) is 16.0 Å². The topological polar surface area (TPSA) is 58.2 Å². The van der Waals surface area contributed by atoms with Crippen LogP contribution in [0.15, 0.2) is 83.8 Å². The van der Waals surface area contributed by atoms with E-state index >= 15 is 0 Å². The van der Waals surface area contributed by atoms with Crippen molar-refractivity contribution in [2.45, 2.75) is 23.5 Å². The maximum Gasteiger partial charge on any atom is 0.237 e. The van der Waals surface area contributed by atoms with Gasteiger partial charge in [0, 0.05) is 21.3 Å². The van der Waals surface area contributed by atoms with E-state index in [0.29, 0.717) is 17.1 Å². The molecule has 0 saturated heterocycles. The standard InChI is InChI=1S/C23H21ClN2O2S/c1-16(23(28)26-20-9-5-8-18(24)15-20)29-21-12-10-19(11-13-21)25-22(27)14-17-6-3-2-4-7-17/h2-13,15-16H,14H2,1H3,(H,25,27)(H,26,28). The lowest BCUT2D eigenvalue weighted by atomic mass is 10.1. The summed E-state index contributed by atoms with van der Waals surface area (Å²) in [5.41, 5.74) is 2.37. The third-order valence-electron chi connectivity index (χ3n) is 4.12. The van der Waals surface area contributed by atoms with Crippen molar-refractivity contribution in [3.8, 4) is 0 Å². The van der Waals surface area contributed by atoms with E-state index in [4.69, 9.17) is 11.6 Å². The van der Waals surface area contributed by atoms with Crippen molar-refractivity contribution in [2.24, 2.45) is 0 Å². The molecule has 0 aliphatic carbocycles. The molecule has 1 unspecified atom stereocenters. The number of thioether (sulfide) groups is 1. The lowest BCUT2D eigenvalue weighted by Crippen LogP contribution is -2.22. The number of hydrogen-bond acceptors (Lipinski definition) is 3. The predicted octanol–water partition coefficient (Wildman–Crippen LogP) is 5.64. The Labute approximate surface area is 179 Å². The molecule has 0 aromatic heterocycles. The van der Waals surface area contributed by atoms with Crippen LogP contribution in [0.4, 0.5) is 11.4 Å². The van der Waals surface area contributed by atoms with Gasteiger partial charge < -0.3 is 10.6 Å². The Bertz CT molecular complexity index is 978. The fourth-order valence-corrected chi connectivity index (χ4v) is 3.73. The van der Waals surface area contributed by atoms with Crippen LogP contribution in [0.25, 0.3) is 0 Å². The van der Waals surface area contributed by atoms with Gasteiger partial charge in [-0.3, -0.25) is 9.59 Å². The van der Waals surface area contributed by atoms with Crippen LogP contribution in [0.5, 0.6) is 0 Å². The molecule has 6 heteroatoms. The Balaban J connectivity index is 1.51. The Hall–Kier alpha value is -2.76. The molecule has 29 heavy (non-hydrogen) atoms. The van der Waals surface area contributed by atoms with Crippen LogP contribution >= 0.6 is 23.4 Å². The SMILES string of the molecule is CC(Sc1ccc(NC(=O)Cc2ccccc2)cc1)C(=O)Nc1cccc(Cl)c1. The molecule has 0 aliphatic rings. The summed E-state index contributed by atoms with van der Waals surface area (Å²) in [6.07, 6.45) is 0.331. The molecule has 0 fully saturated rings. The van der Waals surface area contributed by atoms with Gasteiger partial charge in [0.2, 0.25) is 11.8 Å². The van der Waals surface area contributed by atoms with Crippen LogP contribution in [0.2, 0.25) is 5.02 Å². The number of rotatable bonds is 7. The van der Waals surface area contributed by atoms with Crippen LogP contribution in [0.3, 0.4) is 0 Å². The van der Waals surface area contributed by atoms with Crippen molar-refractivity contribution in [2.75, 3.05) is 10.6 Å². The molecule has 1 atom stereocenters. The van der Waals surface area contributed by atoms with Crippen LogP contribution in [-0.4, -0.2) is 17.1 Å². The first-order valence-corrected chi connectivity index (χ1v) is 10.4. The molecule has 0 bridgehead atoms. The molecule has 0 heterocycles.